The number of amides is 1. The second-order valence-corrected chi connectivity index (χ2v) is 7.61. The van der Waals surface area contributed by atoms with Gasteiger partial charge >= 0.3 is 0 Å². The van der Waals surface area contributed by atoms with Crippen LogP contribution in [-0.4, -0.2) is 39.0 Å². The summed E-state index contributed by atoms with van der Waals surface area (Å²) in [5.74, 6) is 0.0183. The predicted molar refractivity (Wildman–Crippen MR) is 92.6 cm³/mol. The van der Waals surface area contributed by atoms with Gasteiger partial charge in [0.05, 0.1) is 12.4 Å². The Kier molecular flexibility index (Phi) is 3.17. The fourth-order valence-electron chi connectivity index (χ4n) is 3.84. The minimum Gasteiger partial charge on any atom is -0.348 e. The quantitative estimate of drug-likeness (QED) is 0.767. The van der Waals surface area contributed by atoms with E-state index in [-0.39, 0.29) is 11.9 Å². The fourth-order valence-corrected chi connectivity index (χ4v) is 4.82. The first kappa shape index (κ1) is 14.1. The highest BCUT2D eigenvalue weighted by molar-refractivity contribution is 7.21. The van der Waals surface area contributed by atoms with E-state index < -0.39 is 0 Å². The Morgan fingerprint density at radius 2 is 2.29 bits per heavy atom. The molecule has 3 atom stereocenters. The van der Waals surface area contributed by atoms with Gasteiger partial charge in [-0.1, -0.05) is 5.21 Å². The lowest BCUT2D eigenvalue weighted by molar-refractivity contribution is 0.0931. The minimum absolute atomic E-state index is 0.0183. The van der Waals surface area contributed by atoms with E-state index in [2.05, 4.69) is 20.9 Å². The van der Waals surface area contributed by atoms with Crippen LogP contribution in [0.25, 0.3) is 15.1 Å². The van der Waals surface area contributed by atoms with Gasteiger partial charge < -0.3 is 10.6 Å². The number of aromatic nitrogens is 3. The van der Waals surface area contributed by atoms with Crippen molar-refractivity contribution in [1.82, 2.24) is 25.6 Å². The van der Waals surface area contributed by atoms with Crippen molar-refractivity contribution in [2.75, 3.05) is 0 Å². The van der Waals surface area contributed by atoms with Gasteiger partial charge in [-0.25, -0.2) is 4.68 Å². The van der Waals surface area contributed by atoms with Crippen molar-refractivity contribution in [3.8, 4) is 5.00 Å². The Labute approximate surface area is 142 Å². The van der Waals surface area contributed by atoms with Crippen LogP contribution in [-0.2, 0) is 0 Å². The Morgan fingerprint density at radius 1 is 1.33 bits per heavy atom. The third kappa shape index (κ3) is 2.32. The maximum Gasteiger partial charge on any atom is 0.251 e. The summed E-state index contributed by atoms with van der Waals surface area (Å²) in [5.41, 5.74) is 0.716. The van der Waals surface area contributed by atoms with E-state index >= 15 is 0 Å². The Hall–Kier alpha value is -2.25. The maximum absolute atomic E-state index is 12.6. The molecular formula is C17H17N5OS. The number of hydrogen-bond acceptors (Lipinski definition) is 5. The van der Waals surface area contributed by atoms with Gasteiger partial charge in [-0.3, -0.25) is 4.79 Å². The molecule has 7 heteroatoms. The highest BCUT2D eigenvalue weighted by Crippen LogP contribution is 2.30. The number of carbonyl (C=O) groups excluding carboxylic acids is 1. The summed E-state index contributed by atoms with van der Waals surface area (Å²) in [6, 6.07) is 9.22. The van der Waals surface area contributed by atoms with Crippen molar-refractivity contribution in [3.63, 3.8) is 0 Å². The number of thiophene rings is 1. The van der Waals surface area contributed by atoms with Crippen molar-refractivity contribution in [2.45, 2.75) is 37.4 Å². The number of fused-ring (bicyclic) bond motifs is 3. The third-order valence-electron chi connectivity index (χ3n) is 5.03. The lowest BCUT2D eigenvalue weighted by Gasteiger charge is -2.21. The van der Waals surface area contributed by atoms with E-state index in [0.717, 1.165) is 21.5 Å². The smallest absolute Gasteiger partial charge is 0.251 e. The van der Waals surface area contributed by atoms with Crippen LogP contribution in [0.4, 0.5) is 0 Å². The van der Waals surface area contributed by atoms with E-state index in [4.69, 9.17) is 0 Å². The number of carbonyl (C=O) groups is 1. The van der Waals surface area contributed by atoms with Crippen LogP contribution >= 0.6 is 11.3 Å². The van der Waals surface area contributed by atoms with Crippen LogP contribution in [0.2, 0.25) is 0 Å². The molecule has 0 radical (unpaired) electrons. The zero-order valence-corrected chi connectivity index (χ0v) is 13.8. The Morgan fingerprint density at radius 3 is 3.04 bits per heavy atom. The average molecular weight is 339 g/mol. The number of benzene rings is 1. The first-order chi connectivity index (χ1) is 11.8. The normalized spacial score (nSPS) is 25.4. The molecule has 2 saturated heterocycles. The molecule has 2 bridgehead atoms. The molecule has 0 aliphatic carbocycles. The van der Waals surface area contributed by atoms with Gasteiger partial charge in [0.2, 0.25) is 0 Å². The Bertz CT molecular complexity index is 903. The van der Waals surface area contributed by atoms with Crippen molar-refractivity contribution in [1.29, 1.82) is 0 Å². The average Bonchev–Trinajstić information content (AvgIpc) is 3.35. The Balaban J connectivity index is 1.39. The van der Waals surface area contributed by atoms with Crippen molar-refractivity contribution < 1.29 is 4.79 Å². The fraction of sp³-hybridized carbons (Fsp3) is 0.353. The highest BCUT2D eigenvalue weighted by Gasteiger charge is 2.39. The van der Waals surface area contributed by atoms with Crippen LogP contribution in [0, 0.1) is 0 Å². The highest BCUT2D eigenvalue weighted by atomic mass is 32.1. The summed E-state index contributed by atoms with van der Waals surface area (Å²) in [4.78, 5) is 12.6. The lowest BCUT2D eigenvalue weighted by Crippen LogP contribution is -2.42. The molecule has 2 aliphatic rings. The van der Waals surface area contributed by atoms with Crippen molar-refractivity contribution >= 4 is 27.3 Å². The molecule has 2 aromatic heterocycles. The second-order valence-electron chi connectivity index (χ2n) is 6.55. The SMILES string of the molecule is O=C(N[C@@H]1C[C@H]2CC[C@@H]1N2)c1ccc2sc(-n3ccnn3)cc2c1. The molecule has 3 aromatic rings. The molecule has 1 amide bonds. The summed E-state index contributed by atoms with van der Waals surface area (Å²) in [6.07, 6.45) is 6.93. The summed E-state index contributed by atoms with van der Waals surface area (Å²) < 4.78 is 2.88. The standard InChI is InChI=1S/C17H17N5OS/c23-17(20-14-9-12-2-3-13(14)19-12)10-1-4-15-11(7-10)8-16(24-15)22-6-5-18-21-22/h1,4-8,12-14,19H,2-3,9H2,(H,20,23)/t12-,13+,14-/m1/s1. The van der Waals surface area contributed by atoms with Crippen molar-refractivity contribution in [2.24, 2.45) is 0 Å². The van der Waals surface area contributed by atoms with E-state index in [1.165, 1.54) is 12.8 Å². The molecule has 122 valence electrons. The first-order valence-corrected chi connectivity index (χ1v) is 9.05. The van der Waals surface area contributed by atoms with Crippen LogP contribution in [0.3, 0.4) is 0 Å². The summed E-state index contributed by atoms with van der Waals surface area (Å²) in [5, 5.41) is 16.7. The number of nitrogens with one attached hydrogen (secondary N) is 2. The van der Waals surface area contributed by atoms with Gasteiger partial charge in [-0.2, -0.15) is 0 Å². The van der Waals surface area contributed by atoms with E-state index in [1.54, 1.807) is 22.2 Å². The van der Waals surface area contributed by atoms with Crippen LogP contribution in [0.15, 0.2) is 36.7 Å². The molecule has 2 aliphatic heterocycles. The molecule has 5 rings (SSSR count). The molecule has 24 heavy (non-hydrogen) atoms. The molecule has 4 heterocycles. The third-order valence-corrected chi connectivity index (χ3v) is 6.14. The number of rotatable bonds is 3. The number of hydrogen-bond donors (Lipinski definition) is 2. The molecule has 2 fully saturated rings. The van der Waals surface area contributed by atoms with Gasteiger partial charge in [0.15, 0.2) is 0 Å². The largest absolute Gasteiger partial charge is 0.348 e. The lowest BCUT2D eigenvalue weighted by atomic mass is 9.95. The summed E-state index contributed by atoms with van der Waals surface area (Å²) in [7, 11) is 0. The monoisotopic (exact) mass is 339 g/mol. The molecule has 6 nitrogen and oxygen atoms in total. The molecule has 0 spiro atoms. The molecule has 0 unspecified atom stereocenters. The van der Waals surface area contributed by atoms with Gasteiger partial charge in [-0.15, -0.1) is 16.4 Å². The molecular weight excluding hydrogens is 322 g/mol. The van der Waals surface area contributed by atoms with Crippen LogP contribution in [0.1, 0.15) is 29.6 Å². The zero-order valence-electron chi connectivity index (χ0n) is 13.0. The van der Waals surface area contributed by atoms with Gasteiger partial charge in [0.25, 0.3) is 5.91 Å². The maximum atomic E-state index is 12.6. The van der Waals surface area contributed by atoms with Crippen LogP contribution < -0.4 is 10.6 Å². The molecule has 0 saturated carbocycles. The van der Waals surface area contributed by atoms with Gasteiger partial charge in [0.1, 0.15) is 5.00 Å². The summed E-state index contributed by atoms with van der Waals surface area (Å²) >= 11 is 1.64. The molecule has 2 N–H and O–H groups in total. The van der Waals surface area contributed by atoms with Crippen molar-refractivity contribution in [3.05, 3.63) is 42.2 Å². The second kappa shape index (κ2) is 5.39. The van der Waals surface area contributed by atoms with Gasteiger partial charge in [0, 0.05) is 28.4 Å². The van der Waals surface area contributed by atoms with E-state index in [9.17, 15) is 4.79 Å². The minimum atomic E-state index is 0.0183. The van der Waals surface area contributed by atoms with E-state index in [0.29, 0.717) is 17.6 Å². The summed E-state index contributed by atoms with van der Waals surface area (Å²) in [6.45, 7) is 0. The van der Waals surface area contributed by atoms with Crippen LogP contribution in [0.5, 0.6) is 0 Å². The number of nitrogens with zero attached hydrogens (tertiary/aromatic N) is 3. The van der Waals surface area contributed by atoms with Gasteiger partial charge in [-0.05, 0) is 48.9 Å². The zero-order chi connectivity index (χ0) is 16.1. The first-order valence-electron chi connectivity index (χ1n) is 8.23. The van der Waals surface area contributed by atoms with E-state index in [1.807, 2.05) is 30.5 Å². The predicted octanol–water partition coefficient (Wildman–Crippen LogP) is 2.10. The topological polar surface area (TPSA) is 71.8 Å². The molecule has 1 aromatic carbocycles.